The van der Waals surface area contributed by atoms with Gasteiger partial charge in [-0.1, -0.05) is 60.7 Å². The zero-order chi connectivity index (χ0) is 26.2. The minimum Gasteiger partial charge on any atom is -0.349 e. The number of rotatable bonds is 8. The van der Waals surface area contributed by atoms with Crippen molar-refractivity contribution >= 4 is 23.5 Å². The number of aryl methyl sites for hydroxylation is 1. The number of nitrogens with two attached hydrogens (primary N) is 1. The number of carbonyl (C=O) groups is 3. The van der Waals surface area contributed by atoms with Gasteiger partial charge in [0.2, 0.25) is 5.91 Å². The Morgan fingerprint density at radius 1 is 0.865 bits per heavy atom. The summed E-state index contributed by atoms with van der Waals surface area (Å²) in [5, 5.41) is 5.48. The first kappa shape index (κ1) is 25.8. The van der Waals surface area contributed by atoms with Gasteiger partial charge in [-0.25, -0.2) is 9.18 Å². The molecule has 9 heteroatoms. The Hall–Kier alpha value is -4.24. The topological polar surface area (TPSA) is 108 Å². The van der Waals surface area contributed by atoms with E-state index >= 15 is 0 Å². The average molecular weight is 504 g/mol. The number of anilines is 1. The van der Waals surface area contributed by atoms with Crippen molar-refractivity contribution < 1.29 is 18.8 Å². The van der Waals surface area contributed by atoms with Gasteiger partial charge < -0.3 is 21.3 Å². The molecule has 0 radical (unpaired) electrons. The standard InChI is InChI=1S/C28H30FN5O3/c29-23-10-5-11-24(17-23)32-28(37)34-15-14-33(25(35)13-12-20-6-2-1-3-7-20)27(34)26(36)31-19-22-9-4-8-21(16-22)18-30/h1-11,16-17,27H,12-15,18-19,30H2,(H,31,36)(H,32,37). The van der Waals surface area contributed by atoms with Crippen molar-refractivity contribution in [1.29, 1.82) is 0 Å². The lowest BCUT2D eigenvalue weighted by atomic mass is 10.1. The number of benzene rings is 3. The van der Waals surface area contributed by atoms with Crippen molar-refractivity contribution in [3.05, 3.63) is 101 Å². The summed E-state index contributed by atoms with van der Waals surface area (Å²) in [6.45, 7) is 0.973. The summed E-state index contributed by atoms with van der Waals surface area (Å²) >= 11 is 0. The molecule has 0 bridgehead atoms. The normalized spacial score (nSPS) is 14.9. The highest BCUT2D eigenvalue weighted by atomic mass is 19.1. The number of urea groups is 1. The largest absolute Gasteiger partial charge is 0.349 e. The Morgan fingerprint density at radius 3 is 2.32 bits per heavy atom. The van der Waals surface area contributed by atoms with E-state index in [1.807, 2.05) is 54.6 Å². The van der Waals surface area contributed by atoms with Crippen LogP contribution in [0, 0.1) is 5.82 Å². The van der Waals surface area contributed by atoms with Crippen LogP contribution in [0.25, 0.3) is 0 Å². The Labute approximate surface area is 215 Å². The van der Waals surface area contributed by atoms with Crippen LogP contribution < -0.4 is 16.4 Å². The van der Waals surface area contributed by atoms with Crippen LogP contribution in [0.3, 0.4) is 0 Å². The van der Waals surface area contributed by atoms with Crippen LogP contribution in [-0.4, -0.2) is 46.9 Å². The third kappa shape index (κ3) is 6.71. The van der Waals surface area contributed by atoms with Crippen LogP contribution in [0.5, 0.6) is 0 Å². The number of halogens is 1. The Balaban J connectivity index is 1.49. The van der Waals surface area contributed by atoms with Gasteiger partial charge in [0.05, 0.1) is 0 Å². The van der Waals surface area contributed by atoms with Crippen LogP contribution in [0.1, 0.15) is 23.1 Å². The molecule has 1 aliphatic heterocycles. The average Bonchev–Trinajstić information content (AvgIpc) is 3.37. The van der Waals surface area contributed by atoms with Crippen molar-refractivity contribution in [2.24, 2.45) is 5.73 Å². The smallest absolute Gasteiger partial charge is 0.323 e. The van der Waals surface area contributed by atoms with Crippen LogP contribution in [-0.2, 0) is 29.1 Å². The summed E-state index contributed by atoms with van der Waals surface area (Å²) in [5.41, 5.74) is 8.77. The fraction of sp³-hybridized carbons (Fsp3) is 0.250. The highest BCUT2D eigenvalue weighted by Crippen LogP contribution is 2.20. The van der Waals surface area contributed by atoms with E-state index in [-0.39, 0.29) is 37.6 Å². The maximum Gasteiger partial charge on any atom is 0.323 e. The third-order valence-corrected chi connectivity index (χ3v) is 6.23. The first-order valence-corrected chi connectivity index (χ1v) is 12.2. The first-order chi connectivity index (χ1) is 17.9. The molecule has 3 aromatic rings. The van der Waals surface area contributed by atoms with E-state index in [9.17, 15) is 18.8 Å². The van der Waals surface area contributed by atoms with E-state index in [0.717, 1.165) is 16.7 Å². The van der Waals surface area contributed by atoms with E-state index < -0.39 is 23.9 Å². The first-order valence-electron chi connectivity index (χ1n) is 12.2. The Morgan fingerprint density at radius 2 is 1.57 bits per heavy atom. The second-order valence-corrected chi connectivity index (χ2v) is 8.82. The monoisotopic (exact) mass is 503 g/mol. The Kier molecular flexibility index (Phi) is 8.48. The predicted octanol–water partition coefficient (Wildman–Crippen LogP) is 3.24. The second kappa shape index (κ2) is 12.1. The van der Waals surface area contributed by atoms with Crippen LogP contribution in [0.4, 0.5) is 14.9 Å². The highest BCUT2D eigenvalue weighted by Gasteiger charge is 2.42. The number of hydrogen-bond donors (Lipinski definition) is 3. The number of amides is 4. The quantitative estimate of drug-likeness (QED) is 0.439. The highest BCUT2D eigenvalue weighted by molar-refractivity contribution is 5.96. The van der Waals surface area contributed by atoms with E-state index in [4.69, 9.17) is 5.73 Å². The molecule has 0 saturated carbocycles. The fourth-order valence-electron chi connectivity index (χ4n) is 4.33. The molecule has 1 aliphatic rings. The van der Waals surface area contributed by atoms with Gasteiger partial charge in [0, 0.05) is 38.3 Å². The van der Waals surface area contributed by atoms with Crippen LogP contribution in [0.2, 0.25) is 0 Å². The molecule has 1 heterocycles. The molecule has 0 spiro atoms. The molecular weight excluding hydrogens is 473 g/mol. The van der Waals surface area contributed by atoms with Crippen molar-refractivity contribution in [3.63, 3.8) is 0 Å². The molecular formula is C28H30FN5O3. The van der Waals surface area contributed by atoms with Crippen molar-refractivity contribution in [2.75, 3.05) is 18.4 Å². The van der Waals surface area contributed by atoms with Crippen molar-refractivity contribution in [3.8, 4) is 0 Å². The summed E-state index contributed by atoms with van der Waals surface area (Å²) in [7, 11) is 0. The molecule has 0 aliphatic carbocycles. The van der Waals surface area contributed by atoms with Gasteiger partial charge in [0.25, 0.3) is 5.91 Å². The minimum atomic E-state index is -1.13. The van der Waals surface area contributed by atoms with Gasteiger partial charge in [0.1, 0.15) is 5.82 Å². The number of hydrogen-bond acceptors (Lipinski definition) is 4. The number of carbonyl (C=O) groups excluding carboxylic acids is 3. The van der Waals surface area contributed by atoms with Gasteiger partial charge in [-0.15, -0.1) is 0 Å². The molecule has 1 unspecified atom stereocenters. The minimum absolute atomic E-state index is 0.166. The lowest BCUT2D eigenvalue weighted by Gasteiger charge is -2.29. The molecule has 0 aromatic heterocycles. The van der Waals surface area contributed by atoms with E-state index in [1.165, 1.54) is 28.0 Å². The molecule has 8 nitrogen and oxygen atoms in total. The molecule has 1 saturated heterocycles. The van der Waals surface area contributed by atoms with Gasteiger partial charge in [-0.2, -0.15) is 0 Å². The van der Waals surface area contributed by atoms with Crippen LogP contribution in [0.15, 0.2) is 78.9 Å². The van der Waals surface area contributed by atoms with Crippen molar-refractivity contribution in [2.45, 2.75) is 32.1 Å². The van der Waals surface area contributed by atoms with Gasteiger partial charge in [-0.3, -0.25) is 14.5 Å². The van der Waals surface area contributed by atoms with E-state index in [1.54, 1.807) is 6.07 Å². The maximum absolute atomic E-state index is 13.6. The molecule has 1 fully saturated rings. The lowest BCUT2D eigenvalue weighted by Crippen LogP contribution is -2.54. The molecule has 4 N–H and O–H groups in total. The summed E-state index contributed by atoms with van der Waals surface area (Å²) in [5.74, 6) is -1.20. The SMILES string of the molecule is NCc1cccc(CNC(=O)C2N(C(=O)CCc3ccccc3)CCN2C(=O)Nc2cccc(F)c2)c1. The number of nitrogens with one attached hydrogen (secondary N) is 2. The summed E-state index contributed by atoms with van der Waals surface area (Å²) in [6.07, 6.45) is -0.410. The molecule has 3 aromatic carbocycles. The maximum atomic E-state index is 13.6. The molecule has 4 amide bonds. The zero-order valence-electron chi connectivity index (χ0n) is 20.4. The lowest BCUT2D eigenvalue weighted by molar-refractivity contribution is -0.141. The predicted molar refractivity (Wildman–Crippen MR) is 139 cm³/mol. The van der Waals surface area contributed by atoms with Gasteiger partial charge in [0.15, 0.2) is 6.17 Å². The van der Waals surface area contributed by atoms with Gasteiger partial charge in [-0.05, 0) is 41.3 Å². The second-order valence-electron chi connectivity index (χ2n) is 8.82. The molecule has 37 heavy (non-hydrogen) atoms. The van der Waals surface area contributed by atoms with Gasteiger partial charge >= 0.3 is 6.03 Å². The Bertz CT molecular complexity index is 1250. The summed E-state index contributed by atoms with van der Waals surface area (Å²) < 4.78 is 13.6. The van der Waals surface area contributed by atoms with Crippen molar-refractivity contribution in [1.82, 2.24) is 15.1 Å². The van der Waals surface area contributed by atoms with E-state index in [2.05, 4.69) is 10.6 Å². The zero-order valence-corrected chi connectivity index (χ0v) is 20.4. The molecule has 4 rings (SSSR count). The number of nitrogens with zero attached hydrogens (tertiary/aromatic N) is 2. The molecule has 1 atom stereocenters. The molecule has 192 valence electrons. The third-order valence-electron chi connectivity index (χ3n) is 6.23. The summed E-state index contributed by atoms with van der Waals surface area (Å²) in [6, 6.07) is 22.0. The van der Waals surface area contributed by atoms with Crippen LogP contribution >= 0.6 is 0 Å². The van der Waals surface area contributed by atoms with E-state index in [0.29, 0.717) is 13.0 Å². The summed E-state index contributed by atoms with van der Waals surface area (Å²) in [4.78, 5) is 42.4. The fourth-order valence-corrected chi connectivity index (χ4v) is 4.33.